The van der Waals surface area contributed by atoms with Gasteiger partial charge in [0.2, 0.25) is 11.8 Å². The standard InChI is InChI=1S/C13H13N3O2/c14-6-5-9-1-3-11(4-2-9)16-13(18)10-7-12(17)15-8-10/h1-4,10H,5,7-8H2,(H,15,17)(H,16,18). The van der Waals surface area contributed by atoms with Gasteiger partial charge in [0.25, 0.3) is 0 Å². The Morgan fingerprint density at radius 3 is 2.72 bits per heavy atom. The Balaban J connectivity index is 1.95. The molecule has 1 aromatic rings. The summed E-state index contributed by atoms with van der Waals surface area (Å²) in [7, 11) is 0. The largest absolute Gasteiger partial charge is 0.355 e. The van der Waals surface area contributed by atoms with E-state index in [4.69, 9.17) is 5.26 Å². The van der Waals surface area contributed by atoms with Crippen LogP contribution in [0.3, 0.4) is 0 Å². The van der Waals surface area contributed by atoms with Crippen LogP contribution in [0.2, 0.25) is 0 Å². The van der Waals surface area contributed by atoms with E-state index in [2.05, 4.69) is 16.7 Å². The predicted octanol–water partition coefficient (Wildman–Crippen LogP) is 0.827. The third-order valence-corrected chi connectivity index (χ3v) is 2.85. The van der Waals surface area contributed by atoms with Gasteiger partial charge in [0.05, 0.1) is 18.4 Å². The number of amides is 2. The van der Waals surface area contributed by atoms with E-state index in [1.807, 2.05) is 0 Å². The van der Waals surface area contributed by atoms with Gasteiger partial charge in [-0.05, 0) is 17.7 Å². The van der Waals surface area contributed by atoms with E-state index in [-0.39, 0.29) is 24.2 Å². The normalized spacial score (nSPS) is 17.9. The third kappa shape index (κ3) is 2.86. The Morgan fingerprint density at radius 1 is 1.44 bits per heavy atom. The minimum atomic E-state index is -0.295. The number of benzene rings is 1. The quantitative estimate of drug-likeness (QED) is 0.824. The minimum absolute atomic E-state index is 0.0838. The lowest BCUT2D eigenvalue weighted by atomic mass is 10.1. The summed E-state index contributed by atoms with van der Waals surface area (Å²) < 4.78 is 0. The average Bonchev–Trinajstić information content (AvgIpc) is 2.79. The van der Waals surface area contributed by atoms with Crippen LogP contribution >= 0.6 is 0 Å². The minimum Gasteiger partial charge on any atom is -0.355 e. The second-order valence-corrected chi connectivity index (χ2v) is 4.23. The smallest absolute Gasteiger partial charge is 0.229 e. The molecule has 2 amide bonds. The molecule has 2 N–H and O–H groups in total. The van der Waals surface area contributed by atoms with Gasteiger partial charge in [-0.1, -0.05) is 12.1 Å². The third-order valence-electron chi connectivity index (χ3n) is 2.85. The summed E-state index contributed by atoms with van der Waals surface area (Å²) in [5.41, 5.74) is 1.59. The van der Waals surface area contributed by atoms with Crippen molar-refractivity contribution in [1.29, 1.82) is 5.26 Å². The molecule has 18 heavy (non-hydrogen) atoms. The maximum Gasteiger partial charge on any atom is 0.229 e. The summed E-state index contributed by atoms with van der Waals surface area (Å²) in [6.45, 7) is 0.400. The Kier molecular flexibility index (Phi) is 3.58. The molecule has 1 unspecified atom stereocenters. The van der Waals surface area contributed by atoms with Gasteiger partial charge >= 0.3 is 0 Å². The Morgan fingerprint density at radius 2 is 2.17 bits per heavy atom. The number of nitrogens with zero attached hydrogens (tertiary/aromatic N) is 1. The molecule has 0 spiro atoms. The average molecular weight is 243 g/mol. The molecule has 1 heterocycles. The van der Waals surface area contributed by atoms with Gasteiger partial charge in [-0.25, -0.2) is 0 Å². The summed E-state index contributed by atoms with van der Waals surface area (Å²) in [6, 6.07) is 9.18. The van der Waals surface area contributed by atoms with Gasteiger partial charge in [-0.3, -0.25) is 9.59 Å². The molecule has 1 aliphatic heterocycles. The Bertz CT molecular complexity index is 502. The van der Waals surface area contributed by atoms with Crippen molar-refractivity contribution in [3.8, 4) is 6.07 Å². The first-order chi connectivity index (χ1) is 8.69. The van der Waals surface area contributed by atoms with Gasteiger partial charge in [-0.2, -0.15) is 5.26 Å². The van der Waals surface area contributed by atoms with Crippen molar-refractivity contribution in [3.05, 3.63) is 29.8 Å². The van der Waals surface area contributed by atoms with Gasteiger partial charge < -0.3 is 10.6 Å². The fourth-order valence-electron chi connectivity index (χ4n) is 1.83. The fourth-order valence-corrected chi connectivity index (χ4v) is 1.83. The van der Waals surface area contributed by atoms with Crippen molar-refractivity contribution in [2.24, 2.45) is 5.92 Å². The van der Waals surface area contributed by atoms with Gasteiger partial charge in [0, 0.05) is 18.7 Å². The van der Waals surface area contributed by atoms with E-state index in [1.165, 1.54) is 0 Å². The highest BCUT2D eigenvalue weighted by Crippen LogP contribution is 2.14. The summed E-state index contributed by atoms with van der Waals surface area (Å²) in [4.78, 5) is 22.8. The van der Waals surface area contributed by atoms with Gasteiger partial charge in [0.1, 0.15) is 0 Å². The van der Waals surface area contributed by atoms with Crippen LogP contribution in [0.15, 0.2) is 24.3 Å². The van der Waals surface area contributed by atoms with Crippen LogP contribution in [0.5, 0.6) is 0 Å². The van der Waals surface area contributed by atoms with E-state index in [1.54, 1.807) is 24.3 Å². The highest BCUT2D eigenvalue weighted by Gasteiger charge is 2.27. The molecule has 0 bridgehead atoms. The monoisotopic (exact) mass is 243 g/mol. The molecule has 0 saturated carbocycles. The van der Waals surface area contributed by atoms with Crippen molar-refractivity contribution in [3.63, 3.8) is 0 Å². The molecule has 1 saturated heterocycles. The Labute approximate surface area is 105 Å². The first kappa shape index (κ1) is 12.1. The lowest BCUT2D eigenvalue weighted by molar-refractivity contribution is -0.123. The van der Waals surface area contributed by atoms with Crippen LogP contribution in [-0.2, 0) is 16.0 Å². The van der Waals surface area contributed by atoms with Crippen LogP contribution < -0.4 is 10.6 Å². The maximum absolute atomic E-state index is 11.8. The van der Waals surface area contributed by atoms with Crippen molar-refractivity contribution in [2.45, 2.75) is 12.8 Å². The van der Waals surface area contributed by atoms with Crippen LogP contribution in [0.4, 0.5) is 5.69 Å². The first-order valence-corrected chi connectivity index (χ1v) is 5.72. The molecule has 2 rings (SSSR count). The number of hydrogen-bond donors (Lipinski definition) is 2. The summed E-state index contributed by atoms with van der Waals surface area (Å²) in [5.74, 6) is -0.530. The van der Waals surface area contributed by atoms with E-state index in [0.29, 0.717) is 18.7 Å². The van der Waals surface area contributed by atoms with Crippen LogP contribution in [0, 0.1) is 17.2 Å². The number of rotatable bonds is 3. The van der Waals surface area contributed by atoms with E-state index >= 15 is 0 Å². The predicted molar refractivity (Wildman–Crippen MR) is 65.5 cm³/mol. The fraction of sp³-hybridized carbons (Fsp3) is 0.308. The van der Waals surface area contributed by atoms with Gasteiger partial charge in [-0.15, -0.1) is 0 Å². The first-order valence-electron chi connectivity index (χ1n) is 5.72. The number of nitriles is 1. The highest BCUT2D eigenvalue weighted by molar-refractivity contribution is 5.97. The number of nitrogens with one attached hydrogen (secondary N) is 2. The van der Waals surface area contributed by atoms with Gasteiger partial charge in [0.15, 0.2) is 0 Å². The van der Waals surface area contributed by atoms with E-state index < -0.39 is 0 Å². The lowest BCUT2D eigenvalue weighted by Gasteiger charge is -2.09. The zero-order valence-corrected chi connectivity index (χ0v) is 9.77. The molecule has 0 aliphatic carbocycles. The molecule has 1 atom stereocenters. The topological polar surface area (TPSA) is 82.0 Å². The summed E-state index contributed by atoms with van der Waals surface area (Å²) in [5, 5.41) is 13.9. The van der Waals surface area contributed by atoms with Crippen molar-refractivity contribution in [2.75, 3.05) is 11.9 Å². The number of carbonyl (C=O) groups is 2. The van der Waals surface area contributed by atoms with Crippen molar-refractivity contribution in [1.82, 2.24) is 5.32 Å². The van der Waals surface area contributed by atoms with Crippen molar-refractivity contribution < 1.29 is 9.59 Å². The lowest BCUT2D eigenvalue weighted by Crippen LogP contribution is -2.24. The Hall–Kier alpha value is -2.35. The number of carbonyl (C=O) groups excluding carboxylic acids is 2. The van der Waals surface area contributed by atoms with Crippen LogP contribution in [0.25, 0.3) is 0 Å². The molecule has 1 aliphatic rings. The molecule has 0 aromatic heterocycles. The second kappa shape index (κ2) is 5.32. The zero-order valence-electron chi connectivity index (χ0n) is 9.77. The second-order valence-electron chi connectivity index (χ2n) is 4.23. The van der Waals surface area contributed by atoms with Crippen LogP contribution in [-0.4, -0.2) is 18.4 Å². The number of hydrogen-bond acceptors (Lipinski definition) is 3. The van der Waals surface area contributed by atoms with E-state index in [0.717, 1.165) is 5.56 Å². The molecule has 0 radical (unpaired) electrons. The SMILES string of the molecule is N#CCc1ccc(NC(=O)C2CNC(=O)C2)cc1. The molecule has 92 valence electrons. The zero-order chi connectivity index (χ0) is 13.0. The molecule has 1 fully saturated rings. The molecule has 5 nitrogen and oxygen atoms in total. The van der Waals surface area contributed by atoms with Crippen molar-refractivity contribution >= 4 is 17.5 Å². The molecule has 1 aromatic carbocycles. The maximum atomic E-state index is 11.8. The summed E-state index contributed by atoms with van der Waals surface area (Å²) >= 11 is 0. The van der Waals surface area contributed by atoms with E-state index in [9.17, 15) is 9.59 Å². The van der Waals surface area contributed by atoms with Crippen LogP contribution in [0.1, 0.15) is 12.0 Å². The molecular weight excluding hydrogens is 230 g/mol. The highest BCUT2D eigenvalue weighted by atomic mass is 16.2. The molecular formula is C13H13N3O2. The summed E-state index contributed by atoms with van der Waals surface area (Å²) in [6.07, 6.45) is 0.605. The molecule has 5 heteroatoms. The number of anilines is 1.